The maximum absolute atomic E-state index is 12.6. The predicted octanol–water partition coefficient (Wildman–Crippen LogP) is 3.68. The summed E-state index contributed by atoms with van der Waals surface area (Å²) in [6.45, 7) is 4.40. The molecule has 1 aromatic rings. The first kappa shape index (κ1) is 17.3. The number of aromatic carboxylic acids is 1. The van der Waals surface area contributed by atoms with Crippen molar-refractivity contribution >= 4 is 11.8 Å². The van der Waals surface area contributed by atoms with Gasteiger partial charge in [0, 0.05) is 12.2 Å². The molecular formula is C14H19F3N2O2. The van der Waals surface area contributed by atoms with Crippen LogP contribution in [0.2, 0.25) is 0 Å². The second-order valence-electron chi connectivity index (χ2n) is 5.14. The third-order valence-electron chi connectivity index (χ3n) is 2.86. The highest BCUT2D eigenvalue weighted by Crippen LogP contribution is 2.24. The zero-order chi connectivity index (χ0) is 16.2. The molecule has 0 aliphatic heterocycles. The summed E-state index contributed by atoms with van der Waals surface area (Å²) in [4.78, 5) is 16.4. The van der Waals surface area contributed by atoms with Gasteiger partial charge in [-0.25, -0.2) is 9.78 Å². The van der Waals surface area contributed by atoms with Crippen molar-refractivity contribution < 1.29 is 23.1 Å². The maximum atomic E-state index is 12.6. The standard InChI is InChI=1S/C14H19F3N2O2/c1-4-5-19(8-14(15,16)17)12-7-10(13(20)21)6-11(18-12)9(2)3/h6-7,9H,4-5,8H2,1-3H3,(H,20,21). The first-order chi connectivity index (χ1) is 9.64. The molecule has 0 unspecified atom stereocenters. The summed E-state index contributed by atoms with van der Waals surface area (Å²) in [5.74, 6) is -1.20. The highest BCUT2D eigenvalue weighted by Gasteiger charge is 2.31. The zero-order valence-corrected chi connectivity index (χ0v) is 12.2. The van der Waals surface area contributed by atoms with E-state index in [9.17, 15) is 18.0 Å². The van der Waals surface area contributed by atoms with Gasteiger partial charge in [0.15, 0.2) is 0 Å². The third kappa shape index (κ3) is 5.24. The number of rotatable bonds is 6. The molecule has 0 aromatic carbocycles. The molecule has 0 bridgehead atoms. The van der Waals surface area contributed by atoms with Gasteiger partial charge in [-0.15, -0.1) is 0 Å². The lowest BCUT2D eigenvalue weighted by atomic mass is 10.1. The summed E-state index contributed by atoms with van der Waals surface area (Å²) in [5, 5.41) is 9.09. The fourth-order valence-electron chi connectivity index (χ4n) is 1.88. The van der Waals surface area contributed by atoms with Crippen LogP contribution in [0.15, 0.2) is 12.1 Å². The van der Waals surface area contributed by atoms with E-state index in [-0.39, 0.29) is 23.8 Å². The fourth-order valence-corrected chi connectivity index (χ4v) is 1.88. The summed E-state index contributed by atoms with van der Waals surface area (Å²) in [7, 11) is 0. The van der Waals surface area contributed by atoms with Gasteiger partial charge in [-0.3, -0.25) is 0 Å². The lowest BCUT2D eigenvalue weighted by molar-refractivity contribution is -0.119. The van der Waals surface area contributed by atoms with Crippen LogP contribution < -0.4 is 4.90 Å². The van der Waals surface area contributed by atoms with Gasteiger partial charge in [0.05, 0.1) is 5.56 Å². The number of hydrogen-bond donors (Lipinski definition) is 1. The van der Waals surface area contributed by atoms with Crippen LogP contribution in [-0.4, -0.2) is 35.3 Å². The van der Waals surface area contributed by atoms with E-state index in [4.69, 9.17) is 5.11 Å². The van der Waals surface area contributed by atoms with E-state index in [1.165, 1.54) is 12.1 Å². The molecule has 0 saturated heterocycles. The molecule has 0 aliphatic rings. The Bertz CT molecular complexity index is 501. The van der Waals surface area contributed by atoms with Gasteiger partial charge in [0.25, 0.3) is 0 Å². The molecule has 0 radical (unpaired) electrons. The van der Waals surface area contributed by atoms with Gasteiger partial charge in [-0.05, 0) is 24.5 Å². The maximum Gasteiger partial charge on any atom is 0.405 e. The minimum atomic E-state index is -4.37. The van der Waals surface area contributed by atoms with Crippen LogP contribution in [0.4, 0.5) is 19.0 Å². The van der Waals surface area contributed by atoms with Gasteiger partial charge in [-0.1, -0.05) is 20.8 Å². The first-order valence-corrected chi connectivity index (χ1v) is 6.71. The summed E-state index contributed by atoms with van der Waals surface area (Å²) >= 11 is 0. The number of carbonyl (C=O) groups is 1. The van der Waals surface area contributed by atoms with E-state index in [0.29, 0.717) is 12.1 Å². The van der Waals surface area contributed by atoms with Gasteiger partial charge in [-0.2, -0.15) is 13.2 Å². The second-order valence-corrected chi connectivity index (χ2v) is 5.14. The van der Waals surface area contributed by atoms with Gasteiger partial charge < -0.3 is 10.0 Å². The van der Waals surface area contributed by atoms with E-state index >= 15 is 0 Å². The molecule has 0 aliphatic carbocycles. The van der Waals surface area contributed by atoms with Crippen molar-refractivity contribution in [1.82, 2.24) is 4.98 Å². The van der Waals surface area contributed by atoms with Gasteiger partial charge >= 0.3 is 12.1 Å². The lowest BCUT2D eigenvalue weighted by Gasteiger charge is -2.25. The molecule has 1 rings (SSSR count). The number of hydrogen-bond acceptors (Lipinski definition) is 3. The number of carboxylic acids is 1. The van der Waals surface area contributed by atoms with Crippen molar-refractivity contribution in [2.24, 2.45) is 0 Å². The van der Waals surface area contributed by atoms with E-state index in [1.54, 1.807) is 6.92 Å². The number of alkyl halides is 3. The molecule has 0 atom stereocenters. The molecule has 0 amide bonds. The molecule has 1 aromatic heterocycles. The second kappa shape index (κ2) is 6.78. The number of halogens is 3. The molecule has 0 spiro atoms. The van der Waals surface area contributed by atoms with Crippen molar-refractivity contribution in [3.63, 3.8) is 0 Å². The highest BCUT2D eigenvalue weighted by molar-refractivity contribution is 5.88. The van der Waals surface area contributed by atoms with E-state index in [1.807, 2.05) is 13.8 Å². The molecule has 21 heavy (non-hydrogen) atoms. The minimum Gasteiger partial charge on any atom is -0.478 e. The lowest BCUT2D eigenvalue weighted by Crippen LogP contribution is -2.35. The van der Waals surface area contributed by atoms with Crippen molar-refractivity contribution in [1.29, 1.82) is 0 Å². The Labute approximate surface area is 121 Å². The summed E-state index contributed by atoms with van der Waals surface area (Å²) in [6.07, 6.45) is -3.86. The Balaban J connectivity index is 3.25. The third-order valence-corrected chi connectivity index (χ3v) is 2.86. The van der Waals surface area contributed by atoms with Crippen molar-refractivity contribution in [2.45, 2.75) is 39.3 Å². The average Bonchev–Trinajstić information content (AvgIpc) is 2.36. The van der Waals surface area contributed by atoms with Crippen LogP contribution in [0, 0.1) is 0 Å². The van der Waals surface area contributed by atoms with Crippen LogP contribution in [0.1, 0.15) is 49.2 Å². The van der Waals surface area contributed by atoms with E-state index < -0.39 is 18.7 Å². The van der Waals surface area contributed by atoms with Crippen molar-refractivity contribution in [2.75, 3.05) is 18.0 Å². The smallest absolute Gasteiger partial charge is 0.405 e. The van der Waals surface area contributed by atoms with Gasteiger partial charge in [0.2, 0.25) is 0 Å². The van der Waals surface area contributed by atoms with Crippen LogP contribution in [0.5, 0.6) is 0 Å². The Kier molecular flexibility index (Phi) is 5.57. The summed E-state index contributed by atoms with van der Waals surface area (Å²) < 4.78 is 37.9. The molecule has 0 fully saturated rings. The normalized spacial score (nSPS) is 11.8. The number of aromatic nitrogens is 1. The molecule has 4 nitrogen and oxygen atoms in total. The number of carboxylic acid groups (broad SMARTS) is 1. The van der Waals surface area contributed by atoms with Gasteiger partial charge in [0.1, 0.15) is 12.4 Å². The number of nitrogens with zero attached hydrogens (tertiary/aromatic N) is 2. The Morgan fingerprint density at radius 2 is 2.00 bits per heavy atom. The van der Waals surface area contributed by atoms with Crippen molar-refractivity contribution in [3.05, 3.63) is 23.4 Å². The predicted molar refractivity (Wildman–Crippen MR) is 73.8 cm³/mol. The summed E-state index contributed by atoms with van der Waals surface area (Å²) in [6, 6.07) is 2.59. The molecule has 0 saturated carbocycles. The fraction of sp³-hybridized carbons (Fsp3) is 0.571. The first-order valence-electron chi connectivity index (χ1n) is 6.71. The van der Waals surface area contributed by atoms with Crippen molar-refractivity contribution in [3.8, 4) is 0 Å². The van der Waals surface area contributed by atoms with E-state index in [0.717, 1.165) is 4.90 Å². The van der Waals surface area contributed by atoms with Crippen LogP contribution in [0.3, 0.4) is 0 Å². The molecular weight excluding hydrogens is 285 g/mol. The highest BCUT2D eigenvalue weighted by atomic mass is 19.4. The van der Waals surface area contributed by atoms with Crippen LogP contribution in [0.25, 0.3) is 0 Å². The molecule has 1 N–H and O–H groups in total. The quantitative estimate of drug-likeness (QED) is 0.871. The Morgan fingerprint density at radius 1 is 1.38 bits per heavy atom. The molecule has 118 valence electrons. The zero-order valence-electron chi connectivity index (χ0n) is 12.2. The monoisotopic (exact) mass is 304 g/mol. The molecule has 1 heterocycles. The SMILES string of the molecule is CCCN(CC(F)(F)F)c1cc(C(=O)O)cc(C(C)C)n1. The largest absolute Gasteiger partial charge is 0.478 e. The molecule has 7 heteroatoms. The van der Waals surface area contributed by atoms with E-state index in [2.05, 4.69) is 4.98 Å². The van der Waals surface area contributed by atoms with Crippen LogP contribution in [-0.2, 0) is 0 Å². The van der Waals surface area contributed by atoms with Crippen LogP contribution >= 0.6 is 0 Å². The number of pyridine rings is 1. The average molecular weight is 304 g/mol. The summed E-state index contributed by atoms with van der Waals surface area (Å²) in [5.41, 5.74) is 0.417. The topological polar surface area (TPSA) is 53.4 Å². The Morgan fingerprint density at radius 3 is 2.43 bits per heavy atom. The Hall–Kier alpha value is -1.79. The number of anilines is 1. The minimum absolute atomic E-state index is 0.0491.